The molecule has 4 aromatic rings. The van der Waals surface area contributed by atoms with E-state index in [9.17, 15) is 0 Å². The van der Waals surface area contributed by atoms with Crippen LogP contribution in [0.15, 0.2) is 53.2 Å². The van der Waals surface area contributed by atoms with Crippen LogP contribution in [0.4, 0.5) is 5.82 Å². The summed E-state index contributed by atoms with van der Waals surface area (Å²) in [4.78, 5) is 8.74. The van der Waals surface area contributed by atoms with E-state index >= 15 is 0 Å². The maximum absolute atomic E-state index is 5.96. The molecule has 28 heavy (non-hydrogen) atoms. The number of benzene rings is 2. The van der Waals surface area contributed by atoms with Gasteiger partial charge in [0.25, 0.3) is 0 Å². The fraction of sp³-hybridized carbons (Fsp3) is 0.273. The minimum Gasteiger partial charge on any atom is -0.490 e. The van der Waals surface area contributed by atoms with Gasteiger partial charge in [-0.25, -0.2) is 9.97 Å². The number of anilines is 1. The third-order valence-electron chi connectivity index (χ3n) is 4.47. The Hall–Kier alpha value is -3.28. The summed E-state index contributed by atoms with van der Waals surface area (Å²) < 4.78 is 17.3. The van der Waals surface area contributed by atoms with Crippen molar-refractivity contribution in [3.63, 3.8) is 0 Å². The summed E-state index contributed by atoms with van der Waals surface area (Å²) >= 11 is 0. The lowest BCUT2D eigenvalue weighted by Crippen LogP contribution is -2.07. The lowest BCUT2D eigenvalue weighted by Gasteiger charge is -2.12. The van der Waals surface area contributed by atoms with Crippen molar-refractivity contribution in [2.75, 3.05) is 25.1 Å². The maximum atomic E-state index is 5.96. The molecule has 0 fully saturated rings. The smallest absolute Gasteiger partial charge is 0.196 e. The van der Waals surface area contributed by atoms with E-state index < -0.39 is 0 Å². The van der Waals surface area contributed by atoms with Gasteiger partial charge < -0.3 is 19.2 Å². The van der Waals surface area contributed by atoms with Crippen molar-refractivity contribution in [3.05, 3.63) is 54.4 Å². The summed E-state index contributed by atoms with van der Waals surface area (Å²) in [6.07, 6.45) is 2.38. The molecular weight excluding hydrogens is 354 g/mol. The topological polar surface area (TPSA) is 69.4 Å². The monoisotopic (exact) mass is 377 g/mol. The molecule has 2 heterocycles. The Labute approximate surface area is 163 Å². The standard InChI is InChI=1S/C22H23N3O3/c1-3-26-18-10-9-15(13-19(18)27-4-2)11-12-23-22-21-20(24-14-25-22)16-7-5-6-8-17(16)28-21/h5-10,13-14H,3-4,11-12H2,1-2H3,(H,23,24,25). The molecule has 0 unspecified atom stereocenters. The molecule has 0 atom stereocenters. The third-order valence-corrected chi connectivity index (χ3v) is 4.47. The zero-order valence-corrected chi connectivity index (χ0v) is 16.1. The van der Waals surface area contributed by atoms with Gasteiger partial charge in [-0.15, -0.1) is 0 Å². The Morgan fingerprint density at radius 2 is 1.79 bits per heavy atom. The molecule has 4 rings (SSSR count). The first-order valence-electron chi connectivity index (χ1n) is 9.54. The summed E-state index contributed by atoms with van der Waals surface area (Å²) in [6, 6.07) is 13.9. The summed E-state index contributed by atoms with van der Waals surface area (Å²) in [5.41, 5.74) is 3.49. The number of furan rings is 1. The van der Waals surface area contributed by atoms with Crippen LogP contribution in [0.1, 0.15) is 19.4 Å². The second-order valence-corrected chi connectivity index (χ2v) is 6.32. The van der Waals surface area contributed by atoms with Gasteiger partial charge in [-0.05, 0) is 50.1 Å². The second-order valence-electron chi connectivity index (χ2n) is 6.32. The Morgan fingerprint density at radius 3 is 2.64 bits per heavy atom. The van der Waals surface area contributed by atoms with E-state index in [0.717, 1.165) is 40.0 Å². The SMILES string of the molecule is CCOc1ccc(CCNc2ncnc3c2oc2ccccc23)cc1OCC. The summed E-state index contributed by atoms with van der Waals surface area (Å²) in [6.45, 7) is 5.86. The number of aromatic nitrogens is 2. The molecule has 0 spiro atoms. The fourth-order valence-electron chi connectivity index (χ4n) is 3.23. The molecule has 0 aliphatic rings. The molecular formula is C22H23N3O3. The molecule has 6 heteroatoms. The normalized spacial score (nSPS) is 11.1. The van der Waals surface area contributed by atoms with E-state index in [0.29, 0.717) is 31.2 Å². The fourth-order valence-corrected chi connectivity index (χ4v) is 3.23. The quantitative estimate of drug-likeness (QED) is 0.474. The van der Waals surface area contributed by atoms with Gasteiger partial charge in [0.1, 0.15) is 17.4 Å². The molecule has 0 saturated heterocycles. The van der Waals surface area contributed by atoms with E-state index in [1.54, 1.807) is 6.33 Å². The van der Waals surface area contributed by atoms with E-state index in [2.05, 4.69) is 21.4 Å². The molecule has 144 valence electrons. The van der Waals surface area contributed by atoms with Crippen LogP contribution in [0.2, 0.25) is 0 Å². The number of nitrogens with one attached hydrogen (secondary N) is 1. The number of nitrogens with zero attached hydrogens (tertiary/aromatic N) is 2. The lowest BCUT2D eigenvalue weighted by atomic mass is 10.1. The number of fused-ring (bicyclic) bond motifs is 3. The number of ether oxygens (including phenoxy) is 2. The van der Waals surface area contributed by atoms with Crippen molar-refractivity contribution in [2.45, 2.75) is 20.3 Å². The molecule has 0 bridgehead atoms. The predicted molar refractivity (Wildman–Crippen MR) is 110 cm³/mol. The highest BCUT2D eigenvalue weighted by Crippen LogP contribution is 2.31. The molecule has 1 N–H and O–H groups in total. The molecule has 0 aliphatic carbocycles. The highest BCUT2D eigenvalue weighted by Gasteiger charge is 2.12. The van der Waals surface area contributed by atoms with Crippen LogP contribution >= 0.6 is 0 Å². The van der Waals surface area contributed by atoms with Gasteiger partial charge in [-0.2, -0.15) is 0 Å². The number of hydrogen-bond donors (Lipinski definition) is 1. The van der Waals surface area contributed by atoms with Crippen LogP contribution in [-0.2, 0) is 6.42 Å². The minimum atomic E-state index is 0.604. The van der Waals surface area contributed by atoms with Crippen LogP contribution in [0.3, 0.4) is 0 Å². The molecule has 0 aliphatic heterocycles. The van der Waals surface area contributed by atoms with Gasteiger partial charge in [-0.3, -0.25) is 0 Å². The number of rotatable bonds is 8. The highest BCUT2D eigenvalue weighted by molar-refractivity contribution is 6.05. The second kappa shape index (κ2) is 8.17. The first kappa shape index (κ1) is 18.1. The van der Waals surface area contributed by atoms with Gasteiger partial charge in [0, 0.05) is 11.9 Å². The molecule has 2 aromatic heterocycles. The zero-order chi connectivity index (χ0) is 19.3. The molecule has 2 aromatic carbocycles. The number of para-hydroxylation sites is 1. The maximum Gasteiger partial charge on any atom is 0.196 e. The van der Waals surface area contributed by atoms with Crippen LogP contribution in [0, 0.1) is 0 Å². The predicted octanol–water partition coefficient (Wildman–Crippen LogP) is 4.83. The van der Waals surface area contributed by atoms with Gasteiger partial charge in [0.05, 0.1) is 13.2 Å². The molecule has 0 saturated carbocycles. The Bertz CT molecular complexity index is 1090. The first-order valence-corrected chi connectivity index (χ1v) is 9.54. The van der Waals surface area contributed by atoms with Crippen molar-refractivity contribution in [3.8, 4) is 11.5 Å². The van der Waals surface area contributed by atoms with Gasteiger partial charge in [0.15, 0.2) is 22.9 Å². The van der Waals surface area contributed by atoms with Gasteiger partial charge in [-0.1, -0.05) is 18.2 Å². The summed E-state index contributed by atoms with van der Waals surface area (Å²) in [7, 11) is 0. The molecule has 0 radical (unpaired) electrons. The largest absolute Gasteiger partial charge is 0.490 e. The minimum absolute atomic E-state index is 0.604. The van der Waals surface area contributed by atoms with E-state index in [1.807, 2.05) is 50.2 Å². The summed E-state index contributed by atoms with van der Waals surface area (Å²) in [5, 5.41) is 4.37. The van der Waals surface area contributed by atoms with E-state index in [4.69, 9.17) is 13.9 Å². The first-order chi connectivity index (χ1) is 13.8. The van der Waals surface area contributed by atoms with Gasteiger partial charge >= 0.3 is 0 Å². The Morgan fingerprint density at radius 1 is 0.964 bits per heavy atom. The zero-order valence-electron chi connectivity index (χ0n) is 16.1. The average Bonchev–Trinajstić information content (AvgIpc) is 3.10. The van der Waals surface area contributed by atoms with E-state index in [1.165, 1.54) is 0 Å². The van der Waals surface area contributed by atoms with Crippen molar-refractivity contribution in [1.82, 2.24) is 9.97 Å². The van der Waals surface area contributed by atoms with Crippen molar-refractivity contribution in [1.29, 1.82) is 0 Å². The Balaban J connectivity index is 1.50. The molecule has 6 nitrogen and oxygen atoms in total. The third kappa shape index (κ3) is 3.58. The number of hydrogen-bond acceptors (Lipinski definition) is 6. The van der Waals surface area contributed by atoms with Crippen LogP contribution in [0.25, 0.3) is 22.1 Å². The lowest BCUT2D eigenvalue weighted by molar-refractivity contribution is 0.287. The summed E-state index contributed by atoms with van der Waals surface area (Å²) in [5.74, 6) is 2.27. The van der Waals surface area contributed by atoms with Crippen LogP contribution in [-0.4, -0.2) is 29.7 Å². The average molecular weight is 377 g/mol. The van der Waals surface area contributed by atoms with Crippen LogP contribution < -0.4 is 14.8 Å². The van der Waals surface area contributed by atoms with Crippen LogP contribution in [0.5, 0.6) is 11.5 Å². The van der Waals surface area contributed by atoms with Crippen molar-refractivity contribution >= 4 is 27.9 Å². The molecule has 0 amide bonds. The highest BCUT2D eigenvalue weighted by atomic mass is 16.5. The Kier molecular flexibility index (Phi) is 5.28. The van der Waals surface area contributed by atoms with Gasteiger partial charge in [0.2, 0.25) is 0 Å². The van der Waals surface area contributed by atoms with Crippen molar-refractivity contribution < 1.29 is 13.9 Å². The van der Waals surface area contributed by atoms with Crippen molar-refractivity contribution in [2.24, 2.45) is 0 Å². The van der Waals surface area contributed by atoms with E-state index in [-0.39, 0.29) is 0 Å².